The number of nitrogens with zero attached hydrogens (tertiary/aromatic N) is 4. The molecule has 0 amide bonds. The van der Waals surface area contributed by atoms with Gasteiger partial charge in [-0.05, 0) is 19.1 Å². The molecule has 1 unspecified atom stereocenters. The molecule has 2 heterocycles. The Morgan fingerprint density at radius 2 is 2.05 bits per heavy atom. The Kier molecular flexibility index (Phi) is 3.97. The summed E-state index contributed by atoms with van der Waals surface area (Å²) in [4.78, 5) is 9.36. The highest BCUT2D eigenvalue weighted by Crippen LogP contribution is 2.23. The first-order valence-corrected chi connectivity index (χ1v) is 7.78. The molecule has 2 aromatic rings. The summed E-state index contributed by atoms with van der Waals surface area (Å²) < 4.78 is 1.26. The van der Waals surface area contributed by atoms with E-state index in [2.05, 4.69) is 39.1 Å². The smallest absolute Gasteiger partial charge is 0.108 e. The van der Waals surface area contributed by atoms with Crippen LogP contribution in [0, 0.1) is 11.3 Å². The molecule has 1 aliphatic rings. The van der Waals surface area contributed by atoms with Gasteiger partial charge >= 0.3 is 0 Å². The van der Waals surface area contributed by atoms with Gasteiger partial charge in [-0.15, -0.1) is 11.3 Å². The van der Waals surface area contributed by atoms with Crippen LogP contribution in [0.3, 0.4) is 0 Å². The first kappa shape index (κ1) is 13.5. The average molecular weight is 286 g/mol. The molecule has 0 aliphatic carbocycles. The number of aromatic nitrogens is 1. The Morgan fingerprint density at radius 3 is 2.75 bits per heavy atom. The quantitative estimate of drug-likeness (QED) is 0.868. The number of fused-ring (bicyclic) bond motifs is 1. The number of piperazine rings is 1. The fourth-order valence-electron chi connectivity index (χ4n) is 2.57. The van der Waals surface area contributed by atoms with Crippen molar-refractivity contribution in [2.75, 3.05) is 26.2 Å². The number of nitriles is 1. The highest BCUT2D eigenvalue weighted by Gasteiger charge is 2.21. The Labute approximate surface area is 123 Å². The van der Waals surface area contributed by atoms with Crippen LogP contribution in [0.4, 0.5) is 0 Å². The fourth-order valence-corrected chi connectivity index (χ4v) is 3.58. The summed E-state index contributed by atoms with van der Waals surface area (Å²) in [5, 5.41) is 10.1. The van der Waals surface area contributed by atoms with E-state index in [9.17, 15) is 0 Å². The van der Waals surface area contributed by atoms with Gasteiger partial charge in [-0.2, -0.15) is 5.26 Å². The molecular formula is C15H18N4S. The second kappa shape index (κ2) is 5.88. The van der Waals surface area contributed by atoms with Crippen molar-refractivity contribution in [2.24, 2.45) is 0 Å². The minimum atomic E-state index is 0.0274. The Morgan fingerprint density at radius 1 is 1.30 bits per heavy atom. The van der Waals surface area contributed by atoms with Gasteiger partial charge in [0.1, 0.15) is 5.01 Å². The predicted molar refractivity (Wildman–Crippen MR) is 81.5 cm³/mol. The van der Waals surface area contributed by atoms with Crippen LogP contribution in [0.1, 0.15) is 11.9 Å². The van der Waals surface area contributed by atoms with Gasteiger partial charge in [0.25, 0.3) is 0 Å². The molecule has 5 heteroatoms. The van der Waals surface area contributed by atoms with E-state index < -0.39 is 0 Å². The third-order valence-electron chi connectivity index (χ3n) is 3.84. The lowest BCUT2D eigenvalue weighted by Gasteiger charge is -2.35. The van der Waals surface area contributed by atoms with Gasteiger partial charge in [0, 0.05) is 26.2 Å². The summed E-state index contributed by atoms with van der Waals surface area (Å²) in [5.41, 5.74) is 1.10. The Balaban J connectivity index is 1.61. The molecule has 0 saturated carbocycles. The molecule has 0 radical (unpaired) electrons. The van der Waals surface area contributed by atoms with Crippen LogP contribution in [0.15, 0.2) is 24.3 Å². The molecule has 1 saturated heterocycles. The number of hydrogen-bond donors (Lipinski definition) is 0. The summed E-state index contributed by atoms with van der Waals surface area (Å²) in [7, 11) is 0. The van der Waals surface area contributed by atoms with Crippen molar-refractivity contribution in [3.8, 4) is 6.07 Å². The fraction of sp³-hybridized carbons (Fsp3) is 0.467. The van der Waals surface area contributed by atoms with E-state index in [0.717, 1.165) is 38.2 Å². The molecule has 1 fully saturated rings. The van der Waals surface area contributed by atoms with Crippen LogP contribution in [0.25, 0.3) is 10.2 Å². The maximum atomic E-state index is 8.96. The van der Waals surface area contributed by atoms with Crippen molar-refractivity contribution in [3.63, 3.8) is 0 Å². The number of para-hydroxylation sites is 1. The largest absolute Gasteiger partial charge is 0.294 e. The van der Waals surface area contributed by atoms with Crippen LogP contribution < -0.4 is 0 Å². The summed E-state index contributed by atoms with van der Waals surface area (Å²) >= 11 is 1.78. The third-order valence-corrected chi connectivity index (χ3v) is 4.86. The van der Waals surface area contributed by atoms with Gasteiger partial charge in [-0.25, -0.2) is 4.98 Å². The zero-order valence-corrected chi connectivity index (χ0v) is 12.4. The lowest BCUT2D eigenvalue weighted by Crippen LogP contribution is -2.48. The Bertz CT molecular complexity index is 589. The standard InChI is InChI=1S/C15H18N4S/c1-12(10-16)19-8-6-18(7-9-19)11-15-17-13-4-2-3-5-14(13)20-15/h2-5,12H,6-9,11H2,1H3. The minimum Gasteiger partial charge on any atom is -0.294 e. The molecule has 0 bridgehead atoms. The van der Waals surface area contributed by atoms with E-state index in [1.165, 1.54) is 9.71 Å². The van der Waals surface area contributed by atoms with Crippen molar-refractivity contribution >= 4 is 21.6 Å². The molecule has 0 N–H and O–H groups in total. The van der Waals surface area contributed by atoms with Gasteiger partial charge < -0.3 is 0 Å². The van der Waals surface area contributed by atoms with E-state index in [1.54, 1.807) is 11.3 Å². The lowest BCUT2D eigenvalue weighted by atomic mass is 10.2. The van der Waals surface area contributed by atoms with E-state index in [1.807, 2.05) is 13.0 Å². The van der Waals surface area contributed by atoms with Crippen LogP contribution in [-0.4, -0.2) is 47.0 Å². The molecule has 3 rings (SSSR count). The van der Waals surface area contributed by atoms with Gasteiger partial charge in [0.05, 0.1) is 28.9 Å². The summed E-state index contributed by atoms with van der Waals surface area (Å²) in [6.07, 6.45) is 0. The van der Waals surface area contributed by atoms with Crippen molar-refractivity contribution < 1.29 is 0 Å². The zero-order valence-electron chi connectivity index (χ0n) is 11.6. The molecular weight excluding hydrogens is 268 g/mol. The minimum absolute atomic E-state index is 0.0274. The van der Waals surface area contributed by atoms with Crippen LogP contribution in [0.5, 0.6) is 0 Å². The van der Waals surface area contributed by atoms with Gasteiger partial charge in [-0.1, -0.05) is 12.1 Å². The number of benzene rings is 1. The number of hydrogen-bond acceptors (Lipinski definition) is 5. The summed E-state index contributed by atoms with van der Waals surface area (Å²) in [6.45, 7) is 6.88. The van der Waals surface area contributed by atoms with Crippen molar-refractivity contribution in [1.29, 1.82) is 5.26 Å². The van der Waals surface area contributed by atoms with Crippen LogP contribution in [-0.2, 0) is 6.54 Å². The first-order valence-electron chi connectivity index (χ1n) is 6.97. The number of thiazole rings is 1. The van der Waals surface area contributed by atoms with E-state index >= 15 is 0 Å². The molecule has 1 aromatic carbocycles. The third kappa shape index (κ3) is 2.83. The van der Waals surface area contributed by atoms with Gasteiger partial charge in [0.2, 0.25) is 0 Å². The van der Waals surface area contributed by atoms with E-state index in [0.29, 0.717) is 0 Å². The summed E-state index contributed by atoms with van der Waals surface area (Å²) in [6, 6.07) is 10.6. The van der Waals surface area contributed by atoms with Crippen molar-refractivity contribution in [3.05, 3.63) is 29.3 Å². The molecule has 0 spiro atoms. The van der Waals surface area contributed by atoms with E-state index in [4.69, 9.17) is 5.26 Å². The SMILES string of the molecule is CC(C#N)N1CCN(Cc2nc3ccccc3s2)CC1. The molecule has 1 aliphatic heterocycles. The predicted octanol–water partition coefficient (Wildman–Crippen LogP) is 2.33. The average Bonchev–Trinajstić information content (AvgIpc) is 2.89. The summed E-state index contributed by atoms with van der Waals surface area (Å²) in [5.74, 6) is 0. The normalized spacial score (nSPS) is 19.0. The van der Waals surface area contributed by atoms with Gasteiger partial charge in [-0.3, -0.25) is 9.80 Å². The van der Waals surface area contributed by atoms with Crippen LogP contribution >= 0.6 is 11.3 Å². The second-order valence-electron chi connectivity index (χ2n) is 5.19. The lowest BCUT2D eigenvalue weighted by molar-refractivity contribution is 0.114. The van der Waals surface area contributed by atoms with Crippen molar-refractivity contribution in [2.45, 2.75) is 19.5 Å². The first-order chi connectivity index (χ1) is 9.76. The highest BCUT2D eigenvalue weighted by molar-refractivity contribution is 7.18. The topological polar surface area (TPSA) is 43.2 Å². The molecule has 1 aromatic heterocycles. The second-order valence-corrected chi connectivity index (χ2v) is 6.31. The number of rotatable bonds is 3. The maximum absolute atomic E-state index is 8.96. The molecule has 4 nitrogen and oxygen atoms in total. The zero-order chi connectivity index (χ0) is 13.9. The maximum Gasteiger partial charge on any atom is 0.108 e. The van der Waals surface area contributed by atoms with E-state index in [-0.39, 0.29) is 6.04 Å². The highest BCUT2D eigenvalue weighted by atomic mass is 32.1. The van der Waals surface area contributed by atoms with Gasteiger partial charge in [0.15, 0.2) is 0 Å². The molecule has 1 atom stereocenters. The van der Waals surface area contributed by atoms with Crippen molar-refractivity contribution in [1.82, 2.24) is 14.8 Å². The Hall–Kier alpha value is -1.48. The van der Waals surface area contributed by atoms with Crippen LogP contribution in [0.2, 0.25) is 0 Å². The monoisotopic (exact) mass is 286 g/mol. The molecule has 104 valence electrons. The molecule has 20 heavy (non-hydrogen) atoms.